The molecule has 4 nitrogen and oxygen atoms in total. The van der Waals surface area contributed by atoms with Crippen LogP contribution in [0.25, 0.3) is 0 Å². The standard InChI is InChI=1S/C14H25BrO4/c1-3-5-7-9-18-13(16)11-12(15)14(17)19-10-8-6-4-2/h12H,3-11H2,1-2H3/t12-/m1/s1. The Hall–Kier alpha value is -0.580. The zero-order valence-electron chi connectivity index (χ0n) is 12.0. The van der Waals surface area contributed by atoms with Crippen LogP contribution in [0.3, 0.4) is 0 Å². The Labute approximate surface area is 124 Å². The van der Waals surface area contributed by atoms with E-state index in [1.165, 1.54) is 0 Å². The van der Waals surface area contributed by atoms with Gasteiger partial charge in [0, 0.05) is 0 Å². The number of hydrogen-bond acceptors (Lipinski definition) is 4. The fraction of sp³-hybridized carbons (Fsp3) is 0.857. The minimum atomic E-state index is -0.604. The molecule has 0 aromatic heterocycles. The number of rotatable bonds is 11. The van der Waals surface area contributed by atoms with Gasteiger partial charge in [0.05, 0.1) is 19.6 Å². The lowest BCUT2D eigenvalue weighted by Gasteiger charge is -2.10. The van der Waals surface area contributed by atoms with Crippen LogP contribution in [0.1, 0.15) is 58.8 Å². The van der Waals surface area contributed by atoms with Gasteiger partial charge in [0.25, 0.3) is 0 Å². The molecular weight excluding hydrogens is 312 g/mol. The Bertz CT molecular complexity index is 256. The largest absolute Gasteiger partial charge is 0.466 e. The van der Waals surface area contributed by atoms with Crippen molar-refractivity contribution < 1.29 is 19.1 Å². The van der Waals surface area contributed by atoms with E-state index in [1.54, 1.807) is 0 Å². The minimum absolute atomic E-state index is 0.0265. The maximum atomic E-state index is 11.5. The lowest BCUT2D eigenvalue weighted by atomic mass is 10.2. The van der Waals surface area contributed by atoms with Crippen LogP contribution in [0.5, 0.6) is 0 Å². The summed E-state index contributed by atoms with van der Waals surface area (Å²) < 4.78 is 10.1. The van der Waals surface area contributed by atoms with Crippen LogP contribution in [0.15, 0.2) is 0 Å². The summed E-state index contributed by atoms with van der Waals surface area (Å²) in [6, 6.07) is 0. The molecule has 1 atom stereocenters. The SMILES string of the molecule is CCCCCOC(=O)C[C@@H](Br)C(=O)OCCCCC. The van der Waals surface area contributed by atoms with Crippen LogP contribution in [0.4, 0.5) is 0 Å². The summed E-state index contributed by atoms with van der Waals surface area (Å²) in [5.74, 6) is -0.745. The highest BCUT2D eigenvalue weighted by Crippen LogP contribution is 2.10. The van der Waals surface area contributed by atoms with Gasteiger partial charge >= 0.3 is 11.9 Å². The fourth-order valence-electron chi connectivity index (χ4n) is 1.44. The van der Waals surface area contributed by atoms with Gasteiger partial charge in [0.1, 0.15) is 4.83 Å². The number of esters is 2. The second-order valence-electron chi connectivity index (χ2n) is 4.47. The molecule has 0 N–H and O–H groups in total. The maximum absolute atomic E-state index is 11.5. The predicted octanol–water partition coefficient (Wildman–Crippen LogP) is 3.61. The average Bonchev–Trinajstić information content (AvgIpc) is 2.39. The summed E-state index contributed by atoms with van der Waals surface area (Å²) in [5, 5.41) is 0. The van der Waals surface area contributed by atoms with Gasteiger partial charge in [0.15, 0.2) is 0 Å². The quantitative estimate of drug-likeness (QED) is 0.328. The van der Waals surface area contributed by atoms with Crippen molar-refractivity contribution >= 4 is 27.9 Å². The number of ether oxygens (including phenoxy) is 2. The van der Waals surface area contributed by atoms with Gasteiger partial charge in [-0.05, 0) is 12.8 Å². The summed E-state index contributed by atoms with van der Waals surface area (Å²) in [7, 11) is 0. The molecule has 0 aromatic rings. The molecule has 0 bridgehead atoms. The summed E-state index contributed by atoms with van der Waals surface area (Å²) in [5.41, 5.74) is 0. The Balaban J connectivity index is 3.66. The minimum Gasteiger partial charge on any atom is -0.466 e. The van der Waals surface area contributed by atoms with Crippen LogP contribution in [-0.2, 0) is 19.1 Å². The summed E-state index contributed by atoms with van der Waals surface area (Å²) in [6.07, 6.45) is 6.02. The first-order valence-corrected chi connectivity index (χ1v) is 7.99. The van der Waals surface area contributed by atoms with E-state index >= 15 is 0 Å². The third kappa shape index (κ3) is 11.0. The van der Waals surface area contributed by atoms with Crippen molar-refractivity contribution in [3.8, 4) is 0 Å². The van der Waals surface area contributed by atoms with E-state index in [9.17, 15) is 9.59 Å². The highest BCUT2D eigenvalue weighted by Gasteiger charge is 2.20. The van der Waals surface area contributed by atoms with E-state index in [1.807, 2.05) is 0 Å². The molecule has 0 saturated carbocycles. The van der Waals surface area contributed by atoms with E-state index in [-0.39, 0.29) is 18.4 Å². The van der Waals surface area contributed by atoms with Crippen LogP contribution in [-0.4, -0.2) is 30.0 Å². The topological polar surface area (TPSA) is 52.6 Å². The number of hydrogen-bond donors (Lipinski definition) is 0. The van der Waals surface area contributed by atoms with Gasteiger partial charge in [-0.2, -0.15) is 0 Å². The average molecular weight is 337 g/mol. The van der Waals surface area contributed by atoms with Crippen molar-refractivity contribution in [2.75, 3.05) is 13.2 Å². The van der Waals surface area contributed by atoms with Gasteiger partial charge in [-0.3, -0.25) is 9.59 Å². The first-order chi connectivity index (χ1) is 9.11. The molecule has 112 valence electrons. The number of carbonyl (C=O) groups is 2. The molecule has 0 amide bonds. The monoisotopic (exact) mass is 336 g/mol. The third-order valence-corrected chi connectivity index (χ3v) is 3.30. The van der Waals surface area contributed by atoms with Gasteiger partial charge in [-0.1, -0.05) is 55.5 Å². The van der Waals surface area contributed by atoms with Gasteiger partial charge in [-0.25, -0.2) is 0 Å². The lowest BCUT2D eigenvalue weighted by molar-refractivity contribution is -0.149. The molecule has 0 fully saturated rings. The zero-order valence-corrected chi connectivity index (χ0v) is 13.5. The van der Waals surface area contributed by atoms with Crippen LogP contribution in [0.2, 0.25) is 0 Å². The first-order valence-electron chi connectivity index (χ1n) is 7.08. The van der Waals surface area contributed by atoms with Crippen molar-refractivity contribution in [2.45, 2.75) is 63.6 Å². The molecule has 0 aliphatic carbocycles. The van der Waals surface area contributed by atoms with Crippen molar-refractivity contribution in [1.82, 2.24) is 0 Å². The number of halogens is 1. The van der Waals surface area contributed by atoms with Crippen molar-refractivity contribution in [3.63, 3.8) is 0 Å². The maximum Gasteiger partial charge on any atom is 0.320 e. The van der Waals surface area contributed by atoms with E-state index in [4.69, 9.17) is 9.47 Å². The van der Waals surface area contributed by atoms with Crippen molar-refractivity contribution in [3.05, 3.63) is 0 Å². The second kappa shape index (κ2) is 12.5. The van der Waals surface area contributed by atoms with Gasteiger partial charge in [-0.15, -0.1) is 0 Å². The first kappa shape index (κ1) is 18.4. The number of alkyl halides is 1. The summed E-state index contributed by atoms with van der Waals surface area (Å²) >= 11 is 3.16. The molecular formula is C14H25BrO4. The van der Waals surface area contributed by atoms with E-state index < -0.39 is 4.83 Å². The van der Waals surface area contributed by atoms with Gasteiger partial charge < -0.3 is 9.47 Å². The number of carbonyl (C=O) groups excluding carboxylic acids is 2. The Kier molecular flexibility index (Phi) is 12.1. The number of unbranched alkanes of at least 4 members (excludes halogenated alkanes) is 4. The molecule has 5 heteroatoms. The Morgan fingerprint density at radius 3 is 2.00 bits per heavy atom. The molecule has 0 heterocycles. The Morgan fingerprint density at radius 1 is 0.947 bits per heavy atom. The lowest BCUT2D eigenvalue weighted by Crippen LogP contribution is -2.22. The van der Waals surface area contributed by atoms with E-state index in [2.05, 4.69) is 29.8 Å². The fourth-order valence-corrected chi connectivity index (χ4v) is 1.84. The summed E-state index contributed by atoms with van der Waals surface area (Å²) in [4.78, 5) is 22.4. The smallest absolute Gasteiger partial charge is 0.320 e. The molecule has 0 saturated heterocycles. The van der Waals surface area contributed by atoms with E-state index in [0.29, 0.717) is 13.2 Å². The second-order valence-corrected chi connectivity index (χ2v) is 5.58. The molecule has 0 aliphatic heterocycles. The zero-order chi connectivity index (χ0) is 14.5. The van der Waals surface area contributed by atoms with E-state index in [0.717, 1.165) is 38.5 Å². The van der Waals surface area contributed by atoms with Crippen LogP contribution in [0, 0.1) is 0 Å². The molecule has 0 aromatic carbocycles. The predicted molar refractivity (Wildman–Crippen MR) is 78.3 cm³/mol. The van der Waals surface area contributed by atoms with Crippen LogP contribution < -0.4 is 0 Å². The third-order valence-electron chi connectivity index (χ3n) is 2.60. The molecule has 0 spiro atoms. The molecule has 0 unspecified atom stereocenters. The molecule has 0 rings (SSSR count). The summed E-state index contributed by atoms with van der Waals surface area (Å²) in [6.45, 7) is 5.02. The van der Waals surface area contributed by atoms with Crippen molar-refractivity contribution in [1.29, 1.82) is 0 Å². The molecule has 0 radical (unpaired) electrons. The Morgan fingerprint density at radius 2 is 1.47 bits per heavy atom. The highest BCUT2D eigenvalue weighted by atomic mass is 79.9. The molecule has 0 aliphatic rings. The highest BCUT2D eigenvalue weighted by molar-refractivity contribution is 9.10. The van der Waals surface area contributed by atoms with Crippen LogP contribution >= 0.6 is 15.9 Å². The van der Waals surface area contributed by atoms with Gasteiger partial charge in [0.2, 0.25) is 0 Å². The normalized spacial score (nSPS) is 11.9. The molecule has 19 heavy (non-hydrogen) atoms. The van der Waals surface area contributed by atoms with Crippen molar-refractivity contribution in [2.24, 2.45) is 0 Å².